The Bertz CT molecular complexity index is 428. The quantitative estimate of drug-likeness (QED) is 0.926. The Labute approximate surface area is 118 Å². The molecule has 1 aliphatic heterocycles. The average Bonchev–Trinajstić information content (AvgIpc) is 2.73. The van der Waals surface area contributed by atoms with Crippen LogP contribution in [-0.2, 0) is 10.4 Å². The zero-order valence-corrected chi connectivity index (χ0v) is 12.4. The lowest BCUT2D eigenvalue weighted by molar-refractivity contribution is 0.0446. The summed E-state index contributed by atoms with van der Waals surface area (Å²) < 4.78 is 22.1. The summed E-state index contributed by atoms with van der Waals surface area (Å²) in [6, 6.07) is 0.0865. The molecule has 1 N–H and O–H groups in total. The van der Waals surface area contributed by atoms with Crippen molar-refractivity contribution in [2.45, 2.75) is 44.9 Å². The van der Waals surface area contributed by atoms with E-state index in [1.165, 1.54) is 6.20 Å². The predicted molar refractivity (Wildman–Crippen MR) is 73.3 cm³/mol. The van der Waals surface area contributed by atoms with Crippen LogP contribution >= 0.6 is 11.6 Å². The lowest BCUT2D eigenvalue weighted by Gasteiger charge is -2.31. The van der Waals surface area contributed by atoms with Crippen LogP contribution in [0, 0.1) is 0 Å². The van der Waals surface area contributed by atoms with Gasteiger partial charge in [-0.15, -0.1) is 0 Å². The van der Waals surface area contributed by atoms with Gasteiger partial charge in [0.1, 0.15) is 0 Å². The maximum atomic E-state index is 15.1. The SMILES string of the molecule is CC(C)n1ncc(Cl)c1C(C)(F)CC1COCCN1. The molecule has 0 amide bonds. The standard InChI is InChI=1S/C13H21ClFN3O/c1-9(2)18-12(11(14)7-17-18)13(3,15)6-10-8-19-5-4-16-10/h7,9-10,16H,4-6,8H2,1-3H3. The summed E-state index contributed by atoms with van der Waals surface area (Å²) >= 11 is 6.12. The molecule has 6 heteroatoms. The molecule has 1 aromatic rings. The second-order valence-electron chi connectivity index (χ2n) is 5.51. The van der Waals surface area contributed by atoms with Gasteiger partial charge in [0.25, 0.3) is 0 Å². The number of rotatable bonds is 4. The van der Waals surface area contributed by atoms with Crippen LogP contribution in [0.25, 0.3) is 0 Å². The van der Waals surface area contributed by atoms with Crippen molar-refractivity contribution in [2.24, 2.45) is 0 Å². The van der Waals surface area contributed by atoms with Gasteiger partial charge in [-0.2, -0.15) is 5.10 Å². The van der Waals surface area contributed by atoms with E-state index in [0.29, 0.717) is 30.4 Å². The van der Waals surface area contributed by atoms with Gasteiger partial charge in [0.05, 0.1) is 30.1 Å². The second-order valence-corrected chi connectivity index (χ2v) is 5.91. The number of nitrogens with zero attached hydrogens (tertiary/aromatic N) is 2. The van der Waals surface area contributed by atoms with Crippen LogP contribution in [-0.4, -0.2) is 35.6 Å². The Morgan fingerprint density at radius 1 is 1.68 bits per heavy atom. The minimum absolute atomic E-state index is 0.00956. The van der Waals surface area contributed by atoms with E-state index in [4.69, 9.17) is 16.3 Å². The number of aromatic nitrogens is 2. The first kappa shape index (κ1) is 14.8. The van der Waals surface area contributed by atoms with Crippen molar-refractivity contribution in [3.63, 3.8) is 0 Å². The van der Waals surface area contributed by atoms with Crippen LogP contribution in [0.15, 0.2) is 6.20 Å². The third-order valence-electron chi connectivity index (χ3n) is 3.36. The Hall–Kier alpha value is -0.650. The van der Waals surface area contributed by atoms with Crippen molar-refractivity contribution in [2.75, 3.05) is 19.8 Å². The van der Waals surface area contributed by atoms with Crippen LogP contribution < -0.4 is 5.32 Å². The first-order chi connectivity index (χ1) is 8.92. The fourth-order valence-electron chi connectivity index (χ4n) is 2.53. The van der Waals surface area contributed by atoms with Crippen LogP contribution in [0.2, 0.25) is 5.02 Å². The monoisotopic (exact) mass is 289 g/mol. The first-order valence-corrected chi connectivity index (χ1v) is 7.03. The van der Waals surface area contributed by atoms with Crippen LogP contribution in [0.1, 0.15) is 38.9 Å². The molecule has 2 rings (SSSR count). The Morgan fingerprint density at radius 2 is 2.42 bits per heavy atom. The van der Waals surface area contributed by atoms with E-state index in [9.17, 15) is 0 Å². The lowest BCUT2D eigenvalue weighted by Crippen LogP contribution is -2.44. The van der Waals surface area contributed by atoms with Gasteiger partial charge < -0.3 is 10.1 Å². The molecule has 1 aliphatic rings. The normalized spacial score (nSPS) is 23.6. The molecule has 0 aromatic carbocycles. The smallest absolute Gasteiger partial charge is 0.152 e. The molecule has 0 radical (unpaired) electrons. The highest BCUT2D eigenvalue weighted by molar-refractivity contribution is 6.31. The highest BCUT2D eigenvalue weighted by Gasteiger charge is 2.36. The van der Waals surface area contributed by atoms with E-state index in [-0.39, 0.29) is 12.1 Å². The maximum absolute atomic E-state index is 15.1. The Kier molecular flexibility index (Phi) is 4.48. The Balaban J connectivity index is 2.20. The zero-order chi connectivity index (χ0) is 14.0. The minimum Gasteiger partial charge on any atom is -0.379 e. The van der Waals surface area contributed by atoms with Crippen molar-refractivity contribution < 1.29 is 9.13 Å². The lowest BCUT2D eigenvalue weighted by atomic mass is 9.94. The highest BCUT2D eigenvalue weighted by atomic mass is 35.5. The summed E-state index contributed by atoms with van der Waals surface area (Å²) in [4.78, 5) is 0. The molecular weight excluding hydrogens is 269 g/mol. The number of hydrogen-bond acceptors (Lipinski definition) is 3. The van der Waals surface area contributed by atoms with Gasteiger partial charge in [0, 0.05) is 25.0 Å². The van der Waals surface area contributed by atoms with Crippen LogP contribution in [0.5, 0.6) is 0 Å². The molecule has 2 unspecified atom stereocenters. The Morgan fingerprint density at radius 3 is 3.00 bits per heavy atom. The van der Waals surface area contributed by atoms with Gasteiger partial charge >= 0.3 is 0 Å². The van der Waals surface area contributed by atoms with E-state index in [2.05, 4.69) is 10.4 Å². The summed E-state index contributed by atoms with van der Waals surface area (Å²) in [5.41, 5.74) is -1.08. The molecule has 2 atom stereocenters. The molecule has 2 heterocycles. The summed E-state index contributed by atoms with van der Waals surface area (Å²) in [5.74, 6) is 0. The molecule has 19 heavy (non-hydrogen) atoms. The van der Waals surface area contributed by atoms with Crippen molar-refractivity contribution >= 4 is 11.6 Å². The number of ether oxygens (including phenoxy) is 1. The van der Waals surface area contributed by atoms with Crippen molar-refractivity contribution in [1.82, 2.24) is 15.1 Å². The van der Waals surface area contributed by atoms with Gasteiger partial charge in [-0.25, -0.2) is 4.39 Å². The molecule has 0 saturated carbocycles. The summed E-state index contributed by atoms with van der Waals surface area (Å²) in [6.45, 7) is 7.47. The van der Waals surface area contributed by atoms with Gasteiger partial charge in [-0.3, -0.25) is 4.68 Å². The topological polar surface area (TPSA) is 39.1 Å². The highest BCUT2D eigenvalue weighted by Crippen LogP contribution is 2.36. The minimum atomic E-state index is -1.53. The van der Waals surface area contributed by atoms with Crippen molar-refractivity contribution in [3.8, 4) is 0 Å². The molecular formula is C13H21ClFN3O. The average molecular weight is 290 g/mol. The van der Waals surface area contributed by atoms with E-state index in [1.54, 1.807) is 11.6 Å². The number of alkyl halides is 1. The molecule has 108 valence electrons. The number of halogens is 2. The molecule has 0 aliphatic carbocycles. The summed E-state index contributed by atoms with van der Waals surface area (Å²) in [6.07, 6.45) is 1.84. The fraction of sp³-hybridized carbons (Fsp3) is 0.769. The number of morpholine rings is 1. The van der Waals surface area contributed by atoms with Gasteiger partial charge in [0.15, 0.2) is 5.67 Å². The molecule has 1 saturated heterocycles. The molecule has 1 fully saturated rings. The molecule has 1 aromatic heterocycles. The zero-order valence-electron chi connectivity index (χ0n) is 11.6. The summed E-state index contributed by atoms with van der Waals surface area (Å²) in [5, 5.41) is 7.82. The van der Waals surface area contributed by atoms with Gasteiger partial charge in [-0.1, -0.05) is 11.6 Å². The maximum Gasteiger partial charge on any atom is 0.152 e. The third-order valence-corrected chi connectivity index (χ3v) is 3.64. The molecule has 0 bridgehead atoms. The van der Waals surface area contributed by atoms with Crippen LogP contribution in [0.3, 0.4) is 0 Å². The van der Waals surface area contributed by atoms with E-state index in [0.717, 1.165) is 6.54 Å². The second kappa shape index (κ2) is 5.77. The van der Waals surface area contributed by atoms with E-state index in [1.807, 2.05) is 13.8 Å². The first-order valence-electron chi connectivity index (χ1n) is 6.65. The van der Waals surface area contributed by atoms with E-state index < -0.39 is 5.67 Å². The number of nitrogens with one attached hydrogen (secondary N) is 1. The number of hydrogen-bond donors (Lipinski definition) is 1. The summed E-state index contributed by atoms with van der Waals surface area (Å²) in [7, 11) is 0. The van der Waals surface area contributed by atoms with Crippen LogP contribution in [0.4, 0.5) is 4.39 Å². The molecule has 0 spiro atoms. The molecule has 4 nitrogen and oxygen atoms in total. The fourth-order valence-corrected chi connectivity index (χ4v) is 2.86. The predicted octanol–water partition coefficient (Wildman–Crippen LogP) is 2.68. The van der Waals surface area contributed by atoms with E-state index >= 15 is 4.39 Å². The van der Waals surface area contributed by atoms with Gasteiger partial charge in [0.2, 0.25) is 0 Å². The van der Waals surface area contributed by atoms with Crippen molar-refractivity contribution in [3.05, 3.63) is 16.9 Å². The van der Waals surface area contributed by atoms with Crippen molar-refractivity contribution in [1.29, 1.82) is 0 Å². The third kappa shape index (κ3) is 3.27. The largest absolute Gasteiger partial charge is 0.379 e. The van der Waals surface area contributed by atoms with Gasteiger partial charge in [-0.05, 0) is 20.8 Å².